The van der Waals surface area contributed by atoms with E-state index in [1.54, 1.807) is 22.4 Å². The predicted molar refractivity (Wildman–Crippen MR) is 76.8 cm³/mol. The fourth-order valence-corrected chi connectivity index (χ4v) is 3.51. The molecule has 0 aliphatic carbocycles. The van der Waals surface area contributed by atoms with E-state index < -0.39 is 11.8 Å². The summed E-state index contributed by atoms with van der Waals surface area (Å²) in [5, 5.41) is 2.88. The lowest BCUT2D eigenvalue weighted by Gasteiger charge is -2.15. The number of nitrogen functional groups attached to an aromatic ring is 1. The van der Waals surface area contributed by atoms with Gasteiger partial charge in [-0.25, -0.2) is 4.98 Å². The normalized spacial score (nSPS) is 18.9. The Morgan fingerprint density at radius 1 is 1.55 bits per heavy atom. The maximum atomic E-state index is 12.1. The van der Waals surface area contributed by atoms with Crippen LogP contribution in [0.3, 0.4) is 0 Å². The molecule has 3 rings (SSSR count). The molecule has 104 valence electrons. The first-order valence-corrected chi connectivity index (χ1v) is 7.14. The molecule has 1 aliphatic rings. The monoisotopic (exact) mass is 290 g/mol. The Balaban J connectivity index is 1.88. The second-order valence-corrected chi connectivity index (χ2v) is 5.74. The van der Waals surface area contributed by atoms with Gasteiger partial charge < -0.3 is 16.4 Å². The molecule has 4 N–H and O–H groups in total. The highest BCUT2D eigenvalue weighted by molar-refractivity contribution is 7.17. The highest BCUT2D eigenvalue weighted by Crippen LogP contribution is 2.31. The molecule has 0 aromatic carbocycles. The zero-order chi connectivity index (χ0) is 14.3. The molecule has 0 radical (unpaired) electrons. The van der Waals surface area contributed by atoms with E-state index in [1.807, 2.05) is 11.4 Å². The summed E-state index contributed by atoms with van der Waals surface area (Å²) in [6.45, 7) is 0.989. The van der Waals surface area contributed by atoms with Gasteiger partial charge in [0, 0.05) is 29.4 Å². The van der Waals surface area contributed by atoms with Crippen molar-refractivity contribution in [3.8, 4) is 0 Å². The topological polar surface area (TPSA) is 102 Å². The number of amides is 2. The lowest BCUT2D eigenvalue weighted by atomic mass is 10.1. The van der Waals surface area contributed by atoms with Crippen molar-refractivity contribution in [1.29, 1.82) is 0 Å². The standard InChI is InChI=1S/C13H14N4O2S/c14-11-10-7(6-20-9(10)1-3-16-11)5-17-4-2-8(12(15)18)13(17)19/h1,3,6,8H,2,4-5H2,(H2,14,16)(H2,15,18)/t8-/m1/s1. The molecule has 0 spiro atoms. The van der Waals surface area contributed by atoms with Crippen LogP contribution in [0, 0.1) is 5.92 Å². The minimum atomic E-state index is -0.685. The number of carbonyl (C=O) groups is 2. The number of hydrogen-bond donors (Lipinski definition) is 2. The third kappa shape index (κ3) is 2.00. The molecule has 1 fully saturated rings. The maximum absolute atomic E-state index is 12.1. The quantitative estimate of drug-likeness (QED) is 0.813. The van der Waals surface area contributed by atoms with E-state index in [1.165, 1.54) is 0 Å². The largest absolute Gasteiger partial charge is 0.383 e. The molecule has 6 nitrogen and oxygen atoms in total. The van der Waals surface area contributed by atoms with Crippen molar-refractivity contribution in [3.63, 3.8) is 0 Å². The van der Waals surface area contributed by atoms with E-state index in [9.17, 15) is 9.59 Å². The SMILES string of the molecule is NC(=O)[C@H]1CCN(Cc2csc3ccnc(N)c23)C1=O. The van der Waals surface area contributed by atoms with Crippen molar-refractivity contribution in [2.24, 2.45) is 11.7 Å². The van der Waals surface area contributed by atoms with Crippen molar-refractivity contribution in [2.75, 3.05) is 12.3 Å². The smallest absolute Gasteiger partial charge is 0.235 e. The number of primary amides is 1. The highest BCUT2D eigenvalue weighted by Gasteiger charge is 2.35. The van der Waals surface area contributed by atoms with Crippen LogP contribution in [-0.2, 0) is 16.1 Å². The van der Waals surface area contributed by atoms with Gasteiger partial charge in [0.1, 0.15) is 11.7 Å². The van der Waals surface area contributed by atoms with Gasteiger partial charge in [0.2, 0.25) is 11.8 Å². The van der Waals surface area contributed by atoms with Crippen LogP contribution in [0.2, 0.25) is 0 Å². The summed E-state index contributed by atoms with van der Waals surface area (Å²) < 4.78 is 1.05. The van der Waals surface area contributed by atoms with Crippen LogP contribution in [0.4, 0.5) is 5.82 Å². The third-order valence-corrected chi connectivity index (χ3v) is 4.59. The van der Waals surface area contributed by atoms with Crippen LogP contribution in [0.5, 0.6) is 0 Å². The van der Waals surface area contributed by atoms with Crippen molar-refractivity contribution in [1.82, 2.24) is 9.88 Å². The Morgan fingerprint density at radius 2 is 2.35 bits per heavy atom. The minimum Gasteiger partial charge on any atom is -0.383 e. The van der Waals surface area contributed by atoms with E-state index in [0.29, 0.717) is 25.3 Å². The fourth-order valence-electron chi connectivity index (χ4n) is 2.56. The number of nitrogens with two attached hydrogens (primary N) is 2. The van der Waals surface area contributed by atoms with Gasteiger partial charge in [0.15, 0.2) is 0 Å². The van der Waals surface area contributed by atoms with Gasteiger partial charge in [-0.2, -0.15) is 0 Å². The lowest BCUT2D eigenvalue weighted by molar-refractivity contribution is -0.136. The third-order valence-electron chi connectivity index (χ3n) is 3.59. The first kappa shape index (κ1) is 12.9. The molecule has 0 unspecified atom stereocenters. The average molecular weight is 290 g/mol. The average Bonchev–Trinajstić information content (AvgIpc) is 2.96. The molecule has 2 amide bonds. The van der Waals surface area contributed by atoms with Gasteiger partial charge in [0.05, 0.1) is 0 Å². The number of rotatable bonds is 3. The summed E-state index contributed by atoms with van der Waals surface area (Å²) in [4.78, 5) is 29.0. The Labute approximate surface area is 119 Å². The molecule has 0 bridgehead atoms. The molecule has 1 saturated heterocycles. The molecule has 7 heteroatoms. The number of carbonyl (C=O) groups excluding carboxylic acids is 2. The molecule has 1 aliphatic heterocycles. The molecular weight excluding hydrogens is 276 g/mol. The van der Waals surface area contributed by atoms with Gasteiger partial charge in [-0.15, -0.1) is 11.3 Å². The number of fused-ring (bicyclic) bond motifs is 1. The van der Waals surface area contributed by atoms with Crippen LogP contribution in [0.1, 0.15) is 12.0 Å². The molecule has 1 atom stereocenters. The Morgan fingerprint density at radius 3 is 3.05 bits per heavy atom. The Bertz CT molecular complexity index is 697. The molecule has 20 heavy (non-hydrogen) atoms. The number of pyridine rings is 1. The van der Waals surface area contributed by atoms with Crippen molar-refractivity contribution >= 4 is 39.1 Å². The number of aromatic nitrogens is 1. The van der Waals surface area contributed by atoms with Crippen molar-refractivity contribution < 1.29 is 9.59 Å². The lowest BCUT2D eigenvalue weighted by Crippen LogP contribution is -2.33. The van der Waals surface area contributed by atoms with E-state index in [4.69, 9.17) is 11.5 Å². The first-order chi connectivity index (χ1) is 9.58. The zero-order valence-corrected chi connectivity index (χ0v) is 11.5. The van der Waals surface area contributed by atoms with Gasteiger partial charge in [0.25, 0.3) is 0 Å². The Kier molecular flexibility index (Phi) is 3.06. The molecule has 2 aromatic rings. The molecule has 0 saturated carbocycles. The maximum Gasteiger partial charge on any atom is 0.235 e. The summed E-state index contributed by atoms with van der Waals surface area (Å²) >= 11 is 1.57. The van der Waals surface area contributed by atoms with E-state index >= 15 is 0 Å². The summed E-state index contributed by atoms with van der Waals surface area (Å²) in [5.41, 5.74) is 12.1. The van der Waals surface area contributed by atoms with Crippen molar-refractivity contribution in [3.05, 3.63) is 23.2 Å². The van der Waals surface area contributed by atoms with Crippen LogP contribution >= 0.6 is 11.3 Å². The number of nitrogens with zero attached hydrogens (tertiary/aromatic N) is 2. The van der Waals surface area contributed by atoms with E-state index in [-0.39, 0.29) is 5.91 Å². The summed E-state index contributed by atoms with van der Waals surface area (Å²) in [6, 6.07) is 1.90. The minimum absolute atomic E-state index is 0.195. The van der Waals surface area contributed by atoms with E-state index in [0.717, 1.165) is 15.6 Å². The van der Waals surface area contributed by atoms with Gasteiger partial charge in [-0.3, -0.25) is 9.59 Å². The van der Waals surface area contributed by atoms with Crippen LogP contribution in [-0.4, -0.2) is 28.2 Å². The molecule has 2 aromatic heterocycles. The number of likely N-dealkylation sites (tertiary alicyclic amines) is 1. The second kappa shape index (κ2) is 4.75. The van der Waals surface area contributed by atoms with Crippen molar-refractivity contribution in [2.45, 2.75) is 13.0 Å². The number of thiophene rings is 1. The fraction of sp³-hybridized carbons (Fsp3) is 0.308. The highest BCUT2D eigenvalue weighted by atomic mass is 32.1. The number of hydrogen-bond acceptors (Lipinski definition) is 5. The Hall–Kier alpha value is -2.15. The molecular formula is C13H14N4O2S. The predicted octanol–water partition coefficient (Wildman–Crippen LogP) is 0.712. The van der Waals surface area contributed by atoms with Gasteiger partial charge in [-0.05, 0) is 23.4 Å². The van der Waals surface area contributed by atoms with Crippen LogP contribution in [0.25, 0.3) is 10.1 Å². The molecule has 3 heterocycles. The zero-order valence-electron chi connectivity index (χ0n) is 10.7. The summed E-state index contributed by atoms with van der Waals surface area (Å²) in [6.07, 6.45) is 2.16. The van der Waals surface area contributed by atoms with Crippen LogP contribution in [0.15, 0.2) is 17.6 Å². The van der Waals surface area contributed by atoms with Gasteiger partial charge >= 0.3 is 0 Å². The summed E-state index contributed by atoms with van der Waals surface area (Å²) in [5.74, 6) is -0.958. The van der Waals surface area contributed by atoms with Crippen LogP contribution < -0.4 is 11.5 Å². The second-order valence-electron chi connectivity index (χ2n) is 4.83. The van der Waals surface area contributed by atoms with Gasteiger partial charge in [-0.1, -0.05) is 0 Å². The number of anilines is 1. The van der Waals surface area contributed by atoms with E-state index in [2.05, 4.69) is 4.98 Å². The summed E-state index contributed by atoms with van der Waals surface area (Å²) in [7, 11) is 0. The first-order valence-electron chi connectivity index (χ1n) is 6.26.